The lowest BCUT2D eigenvalue weighted by atomic mass is 10.1. The van der Waals surface area contributed by atoms with Crippen LogP contribution < -0.4 is 5.73 Å². The molecule has 1 aliphatic heterocycles. The van der Waals surface area contributed by atoms with E-state index in [1.165, 1.54) is 0 Å². The molecule has 0 amide bonds. The highest BCUT2D eigenvalue weighted by atomic mass is 32.1. The van der Waals surface area contributed by atoms with E-state index >= 15 is 0 Å². The van der Waals surface area contributed by atoms with Gasteiger partial charge >= 0.3 is 0 Å². The Bertz CT molecular complexity index is 248. The topological polar surface area (TPSA) is 58.7 Å². The second-order valence-electron chi connectivity index (χ2n) is 3.06. The minimum absolute atomic E-state index is 0.299. The molecule has 2 N–H and O–H groups in total. The minimum atomic E-state index is 0.299. The molecule has 1 rings (SSSR count). The quantitative estimate of drug-likeness (QED) is 0.346. The van der Waals surface area contributed by atoms with E-state index < -0.39 is 0 Å². The van der Waals surface area contributed by atoms with Crippen molar-refractivity contribution in [2.45, 2.75) is 19.8 Å². The fraction of sp³-hybridized carbons (Fsp3) is 0.625. The molecule has 0 aliphatic carbocycles. The molecule has 0 saturated carbocycles. The third-order valence-electron chi connectivity index (χ3n) is 1.86. The van der Waals surface area contributed by atoms with Crippen LogP contribution in [0.1, 0.15) is 19.8 Å². The van der Waals surface area contributed by atoms with Crippen LogP contribution in [0.4, 0.5) is 0 Å². The summed E-state index contributed by atoms with van der Waals surface area (Å²) in [6.07, 6.45) is 1.14. The van der Waals surface area contributed by atoms with Gasteiger partial charge in [0.15, 0.2) is 5.11 Å². The molecule has 1 saturated heterocycles. The normalized spacial score (nSPS) is 19.0. The van der Waals surface area contributed by atoms with Crippen molar-refractivity contribution in [1.29, 1.82) is 0 Å². The lowest BCUT2D eigenvalue weighted by Gasteiger charge is -2.26. The van der Waals surface area contributed by atoms with E-state index in [-0.39, 0.29) is 0 Å². The first kappa shape index (κ1) is 10.1. The van der Waals surface area contributed by atoms with Crippen molar-refractivity contribution < 1.29 is 4.79 Å². The predicted octanol–water partition coefficient (Wildman–Crippen LogP) is 0.313. The Morgan fingerprint density at radius 1 is 1.54 bits per heavy atom. The zero-order chi connectivity index (χ0) is 9.84. The van der Waals surface area contributed by atoms with E-state index in [1.807, 2.05) is 4.90 Å². The van der Waals surface area contributed by atoms with Gasteiger partial charge in [0.25, 0.3) is 0 Å². The molecule has 0 atom stereocenters. The molecule has 13 heavy (non-hydrogen) atoms. The number of piperidine rings is 1. The smallest absolute Gasteiger partial charge is 0.197 e. The van der Waals surface area contributed by atoms with Crippen LogP contribution in [-0.2, 0) is 4.79 Å². The summed E-state index contributed by atoms with van der Waals surface area (Å²) in [6, 6.07) is 0. The fourth-order valence-electron chi connectivity index (χ4n) is 1.17. The number of ketones is 1. The van der Waals surface area contributed by atoms with E-state index in [2.05, 4.69) is 4.99 Å². The van der Waals surface area contributed by atoms with Crippen LogP contribution >= 0.6 is 12.2 Å². The van der Waals surface area contributed by atoms with Crippen LogP contribution in [0, 0.1) is 0 Å². The summed E-state index contributed by atoms with van der Waals surface area (Å²) in [6.45, 7) is 3.05. The first-order valence-electron chi connectivity index (χ1n) is 4.21. The number of carbonyl (C=O) groups is 1. The molecule has 0 aromatic rings. The van der Waals surface area contributed by atoms with Crippen molar-refractivity contribution in [3.05, 3.63) is 0 Å². The van der Waals surface area contributed by atoms with Crippen LogP contribution in [0.15, 0.2) is 4.99 Å². The SMILES string of the molecule is C/C(N)=N/C(=S)N1CCC(=O)CC1. The Hall–Kier alpha value is -0.970. The highest BCUT2D eigenvalue weighted by molar-refractivity contribution is 7.80. The molecule has 1 fully saturated rings. The van der Waals surface area contributed by atoms with Gasteiger partial charge < -0.3 is 10.6 Å². The van der Waals surface area contributed by atoms with E-state index in [4.69, 9.17) is 18.0 Å². The number of hydrogen-bond donors (Lipinski definition) is 1. The maximum Gasteiger partial charge on any atom is 0.197 e. The molecular weight excluding hydrogens is 186 g/mol. The van der Waals surface area contributed by atoms with Crippen LogP contribution in [0.3, 0.4) is 0 Å². The van der Waals surface area contributed by atoms with Crippen molar-refractivity contribution in [3.63, 3.8) is 0 Å². The van der Waals surface area contributed by atoms with Crippen molar-refractivity contribution in [2.24, 2.45) is 10.7 Å². The van der Waals surface area contributed by atoms with E-state index in [0.29, 0.717) is 42.7 Å². The monoisotopic (exact) mass is 199 g/mol. The molecular formula is C8H13N3OS. The minimum Gasteiger partial charge on any atom is -0.387 e. The van der Waals surface area contributed by atoms with Crippen molar-refractivity contribution >= 4 is 28.9 Å². The zero-order valence-corrected chi connectivity index (χ0v) is 8.43. The summed E-state index contributed by atoms with van der Waals surface area (Å²) in [5.74, 6) is 0.759. The Kier molecular flexibility index (Phi) is 3.36. The van der Waals surface area contributed by atoms with Crippen LogP contribution in [0.25, 0.3) is 0 Å². The number of carbonyl (C=O) groups excluding carboxylic acids is 1. The molecule has 5 heteroatoms. The van der Waals surface area contributed by atoms with Gasteiger partial charge in [-0.3, -0.25) is 4.79 Å². The van der Waals surface area contributed by atoms with Crippen molar-refractivity contribution in [2.75, 3.05) is 13.1 Å². The Morgan fingerprint density at radius 2 is 2.08 bits per heavy atom. The van der Waals surface area contributed by atoms with Gasteiger partial charge in [-0.15, -0.1) is 0 Å². The molecule has 72 valence electrons. The maximum absolute atomic E-state index is 10.9. The number of thiocarbonyl (C=S) groups is 1. The van der Waals surface area contributed by atoms with Crippen molar-refractivity contribution in [3.8, 4) is 0 Å². The molecule has 1 aliphatic rings. The molecule has 4 nitrogen and oxygen atoms in total. The van der Waals surface area contributed by atoms with Gasteiger partial charge in [-0.25, -0.2) is 4.99 Å². The summed E-state index contributed by atoms with van der Waals surface area (Å²) >= 11 is 5.04. The molecule has 0 bridgehead atoms. The van der Waals surface area contributed by atoms with Crippen LogP contribution in [0.5, 0.6) is 0 Å². The summed E-state index contributed by atoms with van der Waals surface area (Å²) in [5, 5.41) is 0.493. The number of likely N-dealkylation sites (tertiary alicyclic amines) is 1. The lowest BCUT2D eigenvalue weighted by Crippen LogP contribution is -2.37. The Balaban J connectivity index is 2.49. The first-order chi connectivity index (χ1) is 6.09. The number of nitrogens with zero attached hydrogens (tertiary/aromatic N) is 2. The third kappa shape index (κ3) is 3.10. The largest absolute Gasteiger partial charge is 0.387 e. The molecule has 0 radical (unpaired) electrons. The highest BCUT2D eigenvalue weighted by Gasteiger charge is 2.17. The molecule has 0 aromatic carbocycles. The molecule has 0 unspecified atom stereocenters. The van der Waals surface area contributed by atoms with Crippen molar-refractivity contribution in [1.82, 2.24) is 4.90 Å². The van der Waals surface area contributed by atoms with Gasteiger partial charge in [0.05, 0.1) is 5.84 Å². The summed E-state index contributed by atoms with van der Waals surface area (Å²) in [7, 11) is 0. The maximum atomic E-state index is 10.9. The summed E-state index contributed by atoms with van der Waals surface area (Å²) in [5.41, 5.74) is 5.40. The highest BCUT2D eigenvalue weighted by Crippen LogP contribution is 2.07. The van der Waals surface area contributed by atoms with Gasteiger partial charge in [0, 0.05) is 25.9 Å². The fourth-order valence-corrected chi connectivity index (χ4v) is 1.50. The van der Waals surface area contributed by atoms with E-state index in [0.717, 1.165) is 0 Å². The molecule has 1 heterocycles. The van der Waals surface area contributed by atoms with Crippen LogP contribution in [0.2, 0.25) is 0 Å². The number of aliphatic imine (C=N–C) groups is 1. The van der Waals surface area contributed by atoms with Gasteiger partial charge in [0.1, 0.15) is 5.78 Å². The average molecular weight is 199 g/mol. The van der Waals surface area contributed by atoms with Gasteiger partial charge in [-0.1, -0.05) is 0 Å². The lowest BCUT2D eigenvalue weighted by molar-refractivity contribution is -0.120. The summed E-state index contributed by atoms with van der Waals surface area (Å²) in [4.78, 5) is 16.8. The number of hydrogen-bond acceptors (Lipinski definition) is 2. The number of rotatable bonds is 0. The standard InChI is InChI=1S/C8H13N3OS/c1-6(9)10-8(13)11-4-2-7(12)3-5-11/h2-5H2,1H3,(H2,9,10,13). The second-order valence-corrected chi connectivity index (χ2v) is 3.43. The number of Topliss-reactive ketones (excluding diaryl/α,β-unsaturated/α-hetero) is 1. The van der Waals surface area contributed by atoms with E-state index in [1.54, 1.807) is 6.92 Å². The number of nitrogens with two attached hydrogens (primary N) is 1. The predicted molar refractivity (Wildman–Crippen MR) is 55.7 cm³/mol. The molecule has 0 aromatic heterocycles. The zero-order valence-electron chi connectivity index (χ0n) is 7.62. The molecule has 0 spiro atoms. The van der Waals surface area contributed by atoms with Gasteiger partial charge in [-0.2, -0.15) is 0 Å². The van der Waals surface area contributed by atoms with Gasteiger partial charge in [-0.05, 0) is 19.1 Å². The van der Waals surface area contributed by atoms with Crippen LogP contribution in [-0.4, -0.2) is 34.7 Å². The Morgan fingerprint density at radius 3 is 2.54 bits per heavy atom. The summed E-state index contributed by atoms with van der Waals surface area (Å²) < 4.78 is 0. The average Bonchev–Trinajstić information content (AvgIpc) is 2.04. The second kappa shape index (κ2) is 4.32. The van der Waals surface area contributed by atoms with Gasteiger partial charge in [0.2, 0.25) is 0 Å². The number of amidine groups is 1. The first-order valence-corrected chi connectivity index (χ1v) is 4.62. The van der Waals surface area contributed by atoms with E-state index in [9.17, 15) is 4.79 Å². The Labute approximate surface area is 82.8 Å². The third-order valence-corrected chi connectivity index (χ3v) is 2.21.